The van der Waals surface area contributed by atoms with E-state index in [1.807, 2.05) is 0 Å². The highest BCUT2D eigenvalue weighted by Gasteiger charge is 2.28. The zero-order chi connectivity index (χ0) is 16.4. The summed E-state index contributed by atoms with van der Waals surface area (Å²) in [6, 6.07) is 8.15. The summed E-state index contributed by atoms with van der Waals surface area (Å²) < 4.78 is 29.1. The molecule has 0 unspecified atom stereocenters. The van der Waals surface area contributed by atoms with Crippen molar-refractivity contribution in [3.8, 4) is 5.75 Å². The van der Waals surface area contributed by atoms with E-state index < -0.39 is 15.8 Å². The maximum Gasteiger partial charge on any atom is 0.365 e. The number of hydrogen-bond acceptors (Lipinski definition) is 7. The normalized spacial score (nSPS) is 16.0. The predicted molar refractivity (Wildman–Crippen MR) is 84.0 cm³/mol. The molecule has 1 aromatic heterocycles. The molecule has 2 aromatic rings. The SMILES string of the molecule is COc1cccc(C(=O)O/N=c2\ccsc3c2CCS3(=O)=O)c1. The van der Waals surface area contributed by atoms with Gasteiger partial charge in [-0.05, 0) is 36.1 Å². The van der Waals surface area contributed by atoms with Crippen LogP contribution in [0.5, 0.6) is 5.75 Å². The summed E-state index contributed by atoms with van der Waals surface area (Å²) in [7, 11) is -1.72. The second-order valence-corrected chi connectivity index (χ2v) is 8.06. The summed E-state index contributed by atoms with van der Waals surface area (Å²) in [6.07, 6.45) is 0.380. The van der Waals surface area contributed by atoms with Gasteiger partial charge in [0.15, 0.2) is 9.84 Å². The first-order chi connectivity index (χ1) is 11.0. The van der Waals surface area contributed by atoms with Crippen molar-refractivity contribution < 1.29 is 22.8 Å². The molecule has 0 aliphatic carbocycles. The molecule has 0 radical (unpaired) electrons. The summed E-state index contributed by atoms with van der Waals surface area (Å²) >= 11 is 1.15. The Morgan fingerprint density at radius 2 is 2.13 bits per heavy atom. The number of methoxy groups -OCH3 is 1. The van der Waals surface area contributed by atoms with E-state index in [1.165, 1.54) is 7.11 Å². The molecule has 3 rings (SSSR count). The molecule has 1 aliphatic heterocycles. The molecular formula is C15H13NO5S2. The summed E-state index contributed by atoms with van der Waals surface area (Å²) in [6.45, 7) is 0. The molecule has 0 atom stereocenters. The van der Waals surface area contributed by atoms with Crippen LogP contribution >= 0.6 is 11.3 Å². The Hall–Kier alpha value is -2.19. The number of benzene rings is 1. The van der Waals surface area contributed by atoms with Crippen LogP contribution < -0.4 is 10.1 Å². The van der Waals surface area contributed by atoms with Crippen molar-refractivity contribution in [2.45, 2.75) is 10.6 Å². The topological polar surface area (TPSA) is 82.0 Å². The van der Waals surface area contributed by atoms with E-state index >= 15 is 0 Å². The van der Waals surface area contributed by atoms with Gasteiger partial charge in [0.25, 0.3) is 0 Å². The van der Waals surface area contributed by atoms with Crippen molar-refractivity contribution in [1.82, 2.24) is 0 Å². The fourth-order valence-corrected chi connectivity index (χ4v) is 5.15. The third-order valence-corrected chi connectivity index (χ3v) is 6.73. The molecule has 0 bridgehead atoms. The summed E-state index contributed by atoms with van der Waals surface area (Å²) in [4.78, 5) is 17.0. The lowest BCUT2D eigenvalue weighted by Gasteiger charge is -2.02. The number of carbonyl (C=O) groups is 1. The van der Waals surface area contributed by atoms with Gasteiger partial charge in [0.1, 0.15) is 15.3 Å². The van der Waals surface area contributed by atoms with Crippen molar-refractivity contribution in [1.29, 1.82) is 0 Å². The molecule has 6 nitrogen and oxygen atoms in total. The quantitative estimate of drug-likeness (QED) is 0.622. The Morgan fingerprint density at radius 3 is 2.91 bits per heavy atom. The van der Waals surface area contributed by atoms with Crippen LogP contribution in [0.15, 0.2) is 45.1 Å². The van der Waals surface area contributed by atoms with Gasteiger partial charge in [-0.15, -0.1) is 11.3 Å². The van der Waals surface area contributed by atoms with E-state index in [1.54, 1.807) is 35.7 Å². The molecule has 0 fully saturated rings. The van der Waals surface area contributed by atoms with Crippen LogP contribution in [0, 0.1) is 0 Å². The second-order valence-electron chi connectivity index (χ2n) is 4.84. The van der Waals surface area contributed by atoms with Crippen LogP contribution in [-0.2, 0) is 21.1 Å². The van der Waals surface area contributed by atoms with Gasteiger partial charge < -0.3 is 9.57 Å². The molecule has 120 valence electrons. The Balaban J connectivity index is 1.89. The molecule has 1 aromatic carbocycles. The zero-order valence-corrected chi connectivity index (χ0v) is 13.8. The Morgan fingerprint density at radius 1 is 1.30 bits per heavy atom. The van der Waals surface area contributed by atoms with E-state index in [4.69, 9.17) is 9.57 Å². The zero-order valence-electron chi connectivity index (χ0n) is 12.2. The molecule has 0 spiro atoms. The summed E-state index contributed by atoms with van der Waals surface area (Å²) in [5.41, 5.74) is 0.909. The molecular weight excluding hydrogens is 338 g/mol. The first-order valence-corrected chi connectivity index (χ1v) is 9.27. The van der Waals surface area contributed by atoms with E-state index in [2.05, 4.69) is 5.16 Å². The number of hydrogen-bond donors (Lipinski definition) is 0. The van der Waals surface area contributed by atoms with Gasteiger partial charge in [-0.1, -0.05) is 11.2 Å². The van der Waals surface area contributed by atoms with Gasteiger partial charge in [0, 0.05) is 5.56 Å². The fraction of sp³-hybridized carbons (Fsp3) is 0.200. The first-order valence-electron chi connectivity index (χ1n) is 6.74. The number of sulfone groups is 1. The van der Waals surface area contributed by atoms with E-state index in [0.29, 0.717) is 32.9 Å². The minimum Gasteiger partial charge on any atom is -0.497 e. The first kappa shape index (κ1) is 15.7. The lowest BCUT2D eigenvalue weighted by atomic mass is 10.2. The third-order valence-electron chi connectivity index (χ3n) is 3.39. The molecule has 8 heteroatoms. The number of rotatable bonds is 3. The number of fused-ring (bicyclic) bond motifs is 1. The molecule has 0 saturated carbocycles. The standard InChI is InChI=1S/C15H13NO5S2/c1-20-11-4-2-3-10(9-11)14(17)21-16-13-5-7-22-15-12(13)6-8-23(15,18)19/h2-5,7,9H,6,8H2,1H3/b16-13+. The van der Waals surface area contributed by atoms with E-state index in [9.17, 15) is 13.2 Å². The lowest BCUT2D eigenvalue weighted by molar-refractivity contribution is 0.0497. The highest BCUT2D eigenvalue weighted by Crippen LogP contribution is 2.26. The van der Waals surface area contributed by atoms with Gasteiger partial charge in [-0.3, -0.25) is 0 Å². The van der Waals surface area contributed by atoms with Crippen molar-refractivity contribution in [2.24, 2.45) is 5.16 Å². The van der Waals surface area contributed by atoms with Gasteiger partial charge in [-0.25, -0.2) is 13.2 Å². The number of ether oxygens (including phenoxy) is 1. The monoisotopic (exact) mass is 351 g/mol. The van der Waals surface area contributed by atoms with Crippen molar-refractivity contribution in [3.63, 3.8) is 0 Å². The van der Waals surface area contributed by atoms with Crippen LogP contribution in [0.25, 0.3) is 0 Å². The average molecular weight is 351 g/mol. The van der Waals surface area contributed by atoms with Gasteiger partial charge in [0.2, 0.25) is 0 Å². The molecule has 23 heavy (non-hydrogen) atoms. The summed E-state index contributed by atoms with van der Waals surface area (Å²) in [5.74, 6) is -0.0335. The average Bonchev–Trinajstić information content (AvgIpc) is 2.88. The third kappa shape index (κ3) is 3.13. The van der Waals surface area contributed by atoms with Gasteiger partial charge in [-0.2, -0.15) is 0 Å². The Labute approximate surface area is 136 Å². The molecule has 2 heterocycles. The van der Waals surface area contributed by atoms with Crippen LogP contribution in [0.1, 0.15) is 15.9 Å². The van der Waals surface area contributed by atoms with Gasteiger partial charge >= 0.3 is 5.97 Å². The maximum atomic E-state index is 12.0. The second kappa shape index (κ2) is 6.13. The van der Waals surface area contributed by atoms with Crippen LogP contribution in [0.2, 0.25) is 0 Å². The molecule has 0 amide bonds. The Kier molecular flexibility index (Phi) is 4.18. The highest BCUT2D eigenvalue weighted by atomic mass is 32.2. The number of nitrogens with zero attached hydrogens (tertiary/aromatic N) is 1. The maximum absolute atomic E-state index is 12.0. The smallest absolute Gasteiger partial charge is 0.365 e. The number of carbonyl (C=O) groups excluding carboxylic acids is 1. The lowest BCUT2D eigenvalue weighted by Crippen LogP contribution is -2.11. The predicted octanol–water partition coefficient (Wildman–Crippen LogP) is 1.76. The van der Waals surface area contributed by atoms with Crippen LogP contribution in [0.4, 0.5) is 0 Å². The minimum atomic E-state index is -3.23. The van der Waals surface area contributed by atoms with Crippen LogP contribution in [-0.4, -0.2) is 27.2 Å². The van der Waals surface area contributed by atoms with E-state index in [0.717, 1.165) is 11.3 Å². The minimum absolute atomic E-state index is 0.0647. The van der Waals surface area contributed by atoms with E-state index in [-0.39, 0.29) is 5.75 Å². The molecule has 0 saturated heterocycles. The van der Waals surface area contributed by atoms with Crippen molar-refractivity contribution in [3.05, 3.63) is 52.2 Å². The van der Waals surface area contributed by atoms with Crippen LogP contribution in [0.3, 0.4) is 0 Å². The molecule has 0 N–H and O–H groups in total. The van der Waals surface area contributed by atoms with Crippen molar-refractivity contribution in [2.75, 3.05) is 12.9 Å². The Bertz CT molecular complexity index is 931. The summed E-state index contributed by atoms with van der Waals surface area (Å²) in [5, 5.41) is 5.82. The van der Waals surface area contributed by atoms with Gasteiger partial charge in [0.05, 0.1) is 18.4 Å². The highest BCUT2D eigenvalue weighted by molar-refractivity contribution is 7.93. The molecule has 1 aliphatic rings. The largest absolute Gasteiger partial charge is 0.497 e. The fourth-order valence-electron chi connectivity index (χ4n) is 2.24. The van der Waals surface area contributed by atoms with Crippen molar-refractivity contribution >= 4 is 27.1 Å².